The van der Waals surface area contributed by atoms with Crippen LogP contribution in [-0.4, -0.2) is 63.9 Å². The van der Waals surface area contributed by atoms with E-state index >= 15 is 0 Å². The van der Waals surface area contributed by atoms with Crippen LogP contribution >= 0.6 is 0 Å². The summed E-state index contributed by atoms with van der Waals surface area (Å²) in [6.07, 6.45) is 4.75. The lowest BCUT2D eigenvalue weighted by Crippen LogP contribution is -2.33. The molecule has 0 aliphatic carbocycles. The number of hydrogen-bond donors (Lipinski definition) is 1. The van der Waals surface area contributed by atoms with E-state index in [1.807, 2.05) is 31.0 Å². The third kappa shape index (κ3) is 5.49. The second-order valence-corrected chi connectivity index (χ2v) is 8.78. The standard InChI is InChI=1S/C27H30N8O4/c1-5-21-22(23-10-9-20(16-30-23)35-26(39-4)31-33(3)27(35)38)11-12-29-25(21)32(2)13-14-34(17-36)19-8-6-7-18(15-19)24(28)37/h6-12,15-17H,5,13-14H2,1-4H3,(H2,28,37). The molecule has 0 saturated heterocycles. The van der Waals surface area contributed by atoms with Crippen LogP contribution in [0.3, 0.4) is 0 Å². The van der Waals surface area contributed by atoms with E-state index in [0.29, 0.717) is 36.4 Å². The van der Waals surface area contributed by atoms with E-state index in [9.17, 15) is 14.4 Å². The number of carbonyl (C=O) groups is 2. The molecular weight excluding hydrogens is 500 g/mol. The maximum Gasteiger partial charge on any atom is 0.353 e. The van der Waals surface area contributed by atoms with Gasteiger partial charge in [0.2, 0.25) is 12.3 Å². The van der Waals surface area contributed by atoms with Crippen LogP contribution in [0.2, 0.25) is 0 Å². The number of nitrogens with two attached hydrogens (primary N) is 1. The SMILES string of the molecule is CCc1c(-c2ccc(-n3c(OC)nn(C)c3=O)cn2)ccnc1N(C)CCN(C=O)c1cccc(C(N)=O)c1. The topological polar surface area (TPSA) is 141 Å². The van der Waals surface area contributed by atoms with Gasteiger partial charge in [0.05, 0.1) is 24.7 Å². The largest absolute Gasteiger partial charge is 0.467 e. The highest BCUT2D eigenvalue weighted by Crippen LogP contribution is 2.29. The zero-order valence-corrected chi connectivity index (χ0v) is 22.2. The normalized spacial score (nSPS) is 10.8. The molecule has 0 unspecified atom stereocenters. The number of ether oxygens (including phenoxy) is 1. The zero-order valence-electron chi connectivity index (χ0n) is 22.2. The van der Waals surface area contributed by atoms with Crippen molar-refractivity contribution in [1.29, 1.82) is 0 Å². The van der Waals surface area contributed by atoms with E-state index in [-0.39, 0.29) is 11.7 Å². The van der Waals surface area contributed by atoms with Crippen molar-refractivity contribution in [3.05, 3.63) is 76.5 Å². The maximum atomic E-state index is 12.5. The van der Waals surface area contributed by atoms with Crippen molar-refractivity contribution in [3.8, 4) is 23.0 Å². The predicted octanol–water partition coefficient (Wildman–Crippen LogP) is 1.80. The van der Waals surface area contributed by atoms with Gasteiger partial charge >= 0.3 is 11.7 Å². The summed E-state index contributed by atoms with van der Waals surface area (Å²) in [5.41, 5.74) is 9.12. The zero-order chi connectivity index (χ0) is 28.1. The lowest BCUT2D eigenvalue weighted by atomic mass is 10.0. The molecule has 0 aliphatic heterocycles. The number of benzene rings is 1. The maximum absolute atomic E-state index is 12.5. The van der Waals surface area contributed by atoms with Crippen molar-refractivity contribution in [2.24, 2.45) is 12.8 Å². The summed E-state index contributed by atoms with van der Waals surface area (Å²) in [5.74, 6) is 0.212. The molecule has 0 spiro atoms. The van der Waals surface area contributed by atoms with Gasteiger partial charge in [-0.05, 0) is 42.8 Å². The van der Waals surface area contributed by atoms with Gasteiger partial charge in [-0.25, -0.2) is 19.0 Å². The Balaban J connectivity index is 1.57. The number of nitrogens with zero attached hydrogens (tertiary/aromatic N) is 7. The van der Waals surface area contributed by atoms with Gasteiger partial charge in [0.25, 0.3) is 0 Å². The Morgan fingerprint density at radius 3 is 2.59 bits per heavy atom. The average Bonchev–Trinajstić information content (AvgIpc) is 3.25. The van der Waals surface area contributed by atoms with Crippen LogP contribution < -0.4 is 26.0 Å². The average molecular weight is 531 g/mol. The van der Waals surface area contributed by atoms with E-state index in [1.54, 1.807) is 49.8 Å². The first-order valence-corrected chi connectivity index (χ1v) is 12.3. The van der Waals surface area contributed by atoms with E-state index in [2.05, 4.69) is 15.1 Å². The first kappa shape index (κ1) is 27.0. The fourth-order valence-electron chi connectivity index (χ4n) is 4.32. The smallest absolute Gasteiger partial charge is 0.353 e. The van der Waals surface area contributed by atoms with Gasteiger partial charge in [0.1, 0.15) is 5.82 Å². The number of aromatic nitrogens is 5. The number of likely N-dealkylation sites (N-methyl/N-ethyl adjacent to an activating group) is 1. The molecule has 3 heterocycles. The highest BCUT2D eigenvalue weighted by Gasteiger charge is 2.18. The van der Waals surface area contributed by atoms with Crippen molar-refractivity contribution in [2.75, 3.05) is 37.0 Å². The van der Waals surface area contributed by atoms with Crippen LogP contribution in [0.15, 0.2) is 59.7 Å². The molecule has 3 aromatic heterocycles. The molecule has 12 nitrogen and oxygen atoms in total. The molecule has 0 radical (unpaired) electrons. The van der Waals surface area contributed by atoms with Gasteiger partial charge < -0.3 is 20.3 Å². The fraction of sp³-hybridized carbons (Fsp3) is 0.259. The quantitative estimate of drug-likeness (QED) is 0.289. The Morgan fingerprint density at radius 1 is 1.15 bits per heavy atom. The first-order valence-electron chi connectivity index (χ1n) is 12.3. The summed E-state index contributed by atoms with van der Waals surface area (Å²) in [6.45, 7) is 2.89. The number of pyridine rings is 2. The summed E-state index contributed by atoms with van der Waals surface area (Å²) in [4.78, 5) is 48.6. The summed E-state index contributed by atoms with van der Waals surface area (Å²) in [6, 6.07) is 12.3. The van der Waals surface area contributed by atoms with Crippen LogP contribution in [0.25, 0.3) is 16.9 Å². The van der Waals surface area contributed by atoms with Crippen LogP contribution in [-0.2, 0) is 18.3 Å². The molecule has 202 valence electrons. The van der Waals surface area contributed by atoms with E-state index in [1.165, 1.54) is 21.3 Å². The molecule has 12 heteroatoms. The second kappa shape index (κ2) is 11.6. The van der Waals surface area contributed by atoms with Gasteiger partial charge in [0.15, 0.2) is 0 Å². The number of aryl methyl sites for hydroxylation is 1. The number of amides is 2. The Kier molecular flexibility index (Phi) is 8.04. The van der Waals surface area contributed by atoms with Gasteiger partial charge in [-0.3, -0.25) is 14.6 Å². The Hall–Kier alpha value is -5.00. The molecule has 0 fully saturated rings. The Morgan fingerprint density at radius 2 is 1.95 bits per heavy atom. The van der Waals surface area contributed by atoms with Crippen molar-refractivity contribution < 1.29 is 14.3 Å². The molecule has 0 saturated carbocycles. The summed E-state index contributed by atoms with van der Waals surface area (Å²) in [5, 5.41) is 4.07. The highest BCUT2D eigenvalue weighted by atomic mass is 16.5. The fourth-order valence-corrected chi connectivity index (χ4v) is 4.32. The number of anilines is 2. The lowest BCUT2D eigenvalue weighted by Gasteiger charge is -2.25. The summed E-state index contributed by atoms with van der Waals surface area (Å²) < 4.78 is 7.78. The Labute approximate surface area is 225 Å². The summed E-state index contributed by atoms with van der Waals surface area (Å²) >= 11 is 0. The van der Waals surface area contributed by atoms with Crippen molar-refractivity contribution in [3.63, 3.8) is 0 Å². The van der Waals surface area contributed by atoms with Crippen LogP contribution in [0.1, 0.15) is 22.8 Å². The van der Waals surface area contributed by atoms with Crippen LogP contribution in [0, 0.1) is 0 Å². The monoisotopic (exact) mass is 530 g/mol. The van der Waals surface area contributed by atoms with E-state index in [0.717, 1.165) is 29.0 Å². The molecule has 2 N–H and O–H groups in total. The minimum atomic E-state index is -0.554. The molecule has 0 bridgehead atoms. The molecule has 2 amide bonds. The minimum absolute atomic E-state index is 0.171. The molecule has 0 atom stereocenters. The van der Waals surface area contributed by atoms with Crippen molar-refractivity contribution in [1.82, 2.24) is 24.3 Å². The second-order valence-electron chi connectivity index (χ2n) is 8.78. The number of hydrogen-bond acceptors (Lipinski definition) is 8. The first-order chi connectivity index (χ1) is 18.8. The predicted molar refractivity (Wildman–Crippen MR) is 147 cm³/mol. The lowest BCUT2D eigenvalue weighted by molar-refractivity contribution is -0.107. The van der Waals surface area contributed by atoms with Crippen molar-refractivity contribution >= 4 is 23.8 Å². The molecule has 4 aromatic rings. The van der Waals surface area contributed by atoms with E-state index in [4.69, 9.17) is 10.5 Å². The van der Waals surface area contributed by atoms with Gasteiger partial charge in [-0.2, -0.15) is 0 Å². The summed E-state index contributed by atoms with van der Waals surface area (Å²) in [7, 11) is 4.92. The number of carbonyl (C=O) groups excluding carboxylic acids is 2. The van der Waals surface area contributed by atoms with Gasteiger partial charge in [-0.15, -0.1) is 5.10 Å². The van der Waals surface area contributed by atoms with Crippen molar-refractivity contribution in [2.45, 2.75) is 13.3 Å². The molecule has 39 heavy (non-hydrogen) atoms. The van der Waals surface area contributed by atoms with Gasteiger partial charge in [-0.1, -0.05) is 13.0 Å². The van der Waals surface area contributed by atoms with Gasteiger partial charge in [0, 0.05) is 55.8 Å². The molecule has 1 aromatic carbocycles. The third-order valence-electron chi connectivity index (χ3n) is 6.37. The number of primary amides is 1. The number of methoxy groups -OCH3 is 1. The number of rotatable bonds is 11. The van der Waals surface area contributed by atoms with Crippen LogP contribution in [0.4, 0.5) is 11.5 Å². The highest BCUT2D eigenvalue weighted by molar-refractivity contribution is 5.94. The molecule has 4 rings (SSSR count). The van der Waals surface area contributed by atoms with Crippen LogP contribution in [0.5, 0.6) is 6.01 Å². The Bertz CT molecular complexity index is 1540. The van der Waals surface area contributed by atoms with E-state index < -0.39 is 5.91 Å². The molecular formula is C27H30N8O4. The third-order valence-corrected chi connectivity index (χ3v) is 6.37. The minimum Gasteiger partial charge on any atom is -0.467 e. The molecule has 0 aliphatic rings.